The van der Waals surface area contributed by atoms with Crippen molar-refractivity contribution in [2.45, 2.75) is 26.3 Å². The number of thiophene rings is 1. The molecular formula is C9H15NS. The van der Waals surface area contributed by atoms with Crippen LogP contribution in [0.5, 0.6) is 0 Å². The van der Waals surface area contributed by atoms with Gasteiger partial charge in [-0.3, -0.25) is 0 Å². The molecule has 2 heteroatoms. The minimum absolute atomic E-state index is 0.167. The molecule has 0 aliphatic rings. The summed E-state index contributed by atoms with van der Waals surface area (Å²) in [5.41, 5.74) is 7.21. The molecule has 1 atom stereocenters. The van der Waals surface area contributed by atoms with E-state index < -0.39 is 0 Å². The van der Waals surface area contributed by atoms with Gasteiger partial charge >= 0.3 is 0 Å². The van der Waals surface area contributed by atoms with Gasteiger partial charge in [0, 0.05) is 5.54 Å². The van der Waals surface area contributed by atoms with E-state index in [4.69, 9.17) is 5.73 Å². The molecule has 0 amide bonds. The maximum absolute atomic E-state index is 6.13. The van der Waals surface area contributed by atoms with Gasteiger partial charge in [-0.15, -0.1) is 0 Å². The fourth-order valence-corrected chi connectivity index (χ4v) is 1.69. The lowest BCUT2D eigenvalue weighted by molar-refractivity contribution is 0.351. The summed E-state index contributed by atoms with van der Waals surface area (Å²) in [5.74, 6) is 0.483. The molecule has 1 aromatic rings. The van der Waals surface area contributed by atoms with Gasteiger partial charge in [0.05, 0.1) is 0 Å². The molecule has 0 aliphatic carbocycles. The Kier molecular flexibility index (Phi) is 2.35. The number of hydrogen-bond donors (Lipinski definition) is 1. The Morgan fingerprint density at radius 3 is 2.55 bits per heavy atom. The Bertz CT molecular complexity index is 211. The summed E-state index contributed by atoms with van der Waals surface area (Å²) < 4.78 is 0. The smallest absolute Gasteiger partial charge is 0.0412 e. The van der Waals surface area contributed by atoms with Crippen molar-refractivity contribution in [3.8, 4) is 0 Å². The highest BCUT2D eigenvalue weighted by Crippen LogP contribution is 2.27. The largest absolute Gasteiger partial charge is 0.321 e. The quantitative estimate of drug-likeness (QED) is 0.723. The Morgan fingerprint density at radius 2 is 2.18 bits per heavy atom. The predicted octanol–water partition coefficient (Wildman–Crippen LogP) is 2.58. The lowest BCUT2D eigenvalue weighted by atomic mass is 9.84. The van der Waals surface area contributed by atoms with Crippen LogP contribution in [-0.2, 0) is 5.54 Å². The zero-order chi connectivity index (χ0) is 8.48. The van der Waals surface area contributed by atoms with Gasteiger partial charge in [-0.05, 0) is 35.2 Å². The summed E-state index contributed by atoms with van der Waals surface area (Å²) in [4.78, 5) is 0. The van der Waals surface area contributed by atoms with E-state index in [2.05, 4.69) is 37.6 Å². The van der Waals surface area contributed by atoms with Crippen LogP contribution in [0.3, 0.4) is 0 Å². The maximum Gasteiger partial charge on any atom is 0.0412 e. The third-order valence-electron chi connectivity index (χ3n) is 2.34. The molecule has 62 valence electrons. The molecule has 1 aromatic heterocycles. The molecule has 2 N–H and O–H groups in total. The monoisotopic (exact) mass is 169 g/mol. The minimum Gasteiger partial charge on any atom is -0.321 e. The first-order valence-electron chi connectivity index (χ1n) is 3.86. The van der Waals surface area contributed by atoms with Crippen LogP contribution in [0.4, 0.5) is 0 Å². The lowest BCUT2D eigenvalue weighted by Gasteiger charge is -2.28. The van der Waals surface area contributed by atoms with Gasteiger partial charge in [0.15, 0.2) is 0 Å². The van der Waals surface area contributed by atoms with E-state index in [1.54, 1.807) is 11.3 Å². The molecule has 0 radical (unpaired) electrons. The highest BCUT2D eigenvalue weighted by molar-refractivity contribution is 7.08. The predicted molar refractivity (Wildman–Crippen MR) is 50.7 cm³/mol. The zero-order valence-corrected chi connectivity index (χ0v) is 8.11. The molecule has 1 rings (SSSR count). The van der Waals surface area contributed by atoms with E-state index in [-0.39, 0.29) is 5.54 Å². The van der Waals surface area contributed by atoms with Crippen LogP contribution in [0.1, 0.15) is 26.3 Å². The van der Waals surface area contributed by atoms with E-state index in [1.165, 1.54) is 5.56 Å². The van der Waals surface area contributed by atoms with Crippen molar-refractivity contribution in [3.05, 3.63) is 22.4 Å². The second kappa shape index (κ2) is 2.95. The molecule has 0 aromatic carbocycles. The molecular weight excluding hydrogens is 154 g/mol. The van der Waals surface area contributed by atoms with Crippen LogP contribution in [0.2, 0.25) is 0 Å². The molecule has 0 saturated heterocycles. The number of nitrogens with two attached hydrogens (primary N) is 1. The van der Waals surface area contributed by atoms with E-state index in [0.717, 1.165) is 0 Å². The van der Waals surface area contributed by atoms with Gasteiger partial charge in [-0.25, -0.2) is 0 Å². The van der Waals surface area contributed by atoms with E-state index >= 15 is 0 Å². The maximum atomic E-state index is 6.13. The first-order chi connectivity index (χ1) is 5.05. The Hall–Kier alpha value is -0.340. The summed E-state index contributed by atoms with van der Waals surface area (Å²) in [6, 6.07) is 2.10. The molecule has 0 fully saturated rings. The van der Waals surface area contributed by atoms with Crippen LogP contribution in [0.25, 0.3) is 0 Å². The van der Waals surface area contributed by atoms with Gasteiger partial charge in [0.1, 0.15) is 0 Å². The number of hydrogen-bond acceptors (Lipinski definition) is 2. The van der Waals surface area contributed by atoms with Crippen LogP contribution >= 0.6 is 11.3 Å². The van der Waals surface area contributed by atoms with Gasteiger partial charge in [0.25, 0.3) is 0 Å². The first-order valence-corrected chi connectivity index (χ1v) is 4.81. The summed E-state index contributed by atoms with van der Waals surface area (Å²) in [6.07, 6.45) is 0. The van der Waals surface area contributed by atoms with Crippen molar-refractivity contribution >= 4 is 11.3 Å². The molecule has 0 saturated carbocycles. The Morgan fingerprint density at radius 1 is 1.55 bits per heavy atom. The third kappa shape index (κ3) is 1.63. The van der Waals surface area contributed by atoms with Crippen molar-refractivity contribution in [3.63, 3.8) is 0 Å². The van der Waals surface area contributed by atoms with Crippen LogP contribution in [0, 0.1) is 5.92 Å². The van der Waals surface area contributed by atoms with Gasteiger partial charge in [-0.2, -0.15) is 11.3 Å². The average Bonchev–Trinajstić information content (AvgIpc) is 2.37. The van der Waals surface area contributed by atoms with Crippen molar-refractivity contribution in [1.82, 2.24) is 0 Å². The lowest BCUT2D eigenvalue weighted by Crippen LogP contribution is -2.38. The SMILES string of the molecule is CC(C)[C@](C)(N)c1ccsc1. The van der Waals surface area contributed by atoms with Crippen molar-refractivity contribution < 1.29 is 0 Å². The Labute approximate surface area is 72.2 Å². The molecule has 0 unspecified atom stereocenters. The van der Waals surface area contributed by atoms with E-state index in [9.17, 15) is 0 Å². The van der Waals surface area contributed by atoms with Crippen LogP contribution < -0.4 is 5.73 Å². The van der Waals surface area contributed by atoms with Gasteiger partial charge in [-0.1, -0.05) is 13.8 Å². The average molecular weight is 169 g/mol. The fraction of sp³-hybridized carbons (Fsp3) is 0.556. The highest BCUT2D eigenvalue weighted by Gasteiger charge is 2.25. The van der Waals surface area contributed by atoms with Gasteiger partial charge in [0.2, 0.25) is 0 Å². The van der Waals surface area contributed by atoms with Crippen LogP contribution in [-0.4, -0.2) is 0 Å². The van der Waals surface area contributed by atoms with E-state index in [1.807, 2.05) is 0 Å². The van der Waals surface area contributed by atoms with Crippen molar-refractivity contribution in [2.24, 2.45) is 11.7 Å². The topological polar surface area (TPSA) is 26.0 Å². The Balaban J connectivity index is 2.90. The molecule has 1 nitrogen and oxygen atoms in total. The summed E-state index contributed by atoms with van der Waals surface area (Å²) >= 11 is 1.70. The highest BCUT2D eigenvalue weighted by atomic mass is 32.1. The normalized spacial score (nSPS) is 16.8. The molecule has 1 heterocycles. The summed E-state index contributed by atoms with van der Waals surface area (Å²) in [7, 11) is 0. The first kappa shape index (κ1) is 8.75. The van der Waals surface area contributed by atoms with Crippen LogP contribution in [0.15, 0.2) is 16.8 Å². The van der Waals surface area contributed by atoms with E-state index in [0.29, 0.717) is 5.92 Å². The molecule has 11 heavy (non-hydrogen) atoms. The minimum atomic E-state index is -0.167. The molecule has 0 spiro atoms. The third-order valence-corrected chi connectivity index (χ3v) is 3.03. The second-order valence-corrected chi connectivity index (χ2v) is 4.23. The summed E-state index contributed by atoms with van der Waals surface area (Å²) in [5, 5.41) is 4.20. The number of rotatable bonds is 2. The summed E-state index contributed by atoms with van der Waals surface area (Å²) in [6.45, 7) is 6.38. The second-order valence-electron chi connectivity index (χ2n) is 3.45. The zero-order valence-electron chi connectivity index (χ0n) is 7.29. The van der Waals surface area contributed by atoms with Crippen molar-refractivity contribution in [2.75, 3.05) is 0 Å². The molecule has 0 aliphatic heterocycles. The fourth-order valence-electron chi connectivity index (χ4n) is 0.904. The molecule has 0 bridgehead atoms. The standard InChI is InChI=1S/C9H15NS/c1-7(2)9(3,10)8-4-5-11-6-8/h4-7H,10H2,1-3H3/t9-/m0/s1. The van der Waals surface area contributed by atoms with Crippen molar-refractivity contribution in [1.29, 1.82) is 0 Å². The van der Waals surface area contributed by atoms with Gasteiger partial charge < -0.3 is 5.73 Å².